The van der Waals surface area contributed by atoms with Crippen molar-refractivity contribution in [1.82, 2.24) is 4.31 Å². The second-order valence-corrected chi connectivity index (χ2v) is 10.2. The first-order chi connectivity index (χ1) is 14.3. The lowest BCUT2D eigenvalue weighted by Gasteiger charge is -2.30. The molecule has 3 rings (SSSR count). The monoisotopic (exact) mass is 429 g/mol. The summed E-state index contributed by atoms with van der Waals surface area (Å²) in [7, 11) is 0.505. The van der Waals surface area contributed by atoms with E-state index in [1.165, 1.54) is 0 Å². The summed E-state index contributed by atoms with van der Waals surface area (Å²) in [5.74, 6) is 0.290. The number of amides is 1. The standard InChI is InChI=1S/C23H31N3O3S/c1-18-5-4-16-26(17-18)30(28,29)22-13-9-20(10-14-22)24-23(27)15-8-19-6-11-21(12-7-19)25(2)3/h6-7,9-14,18H,4-5,8,15-17H2,1-3H3,(H,24,27). The molecule has 0 spiro atoms. The van der Waals surface area contributed by atoms with E-state index in [0.717, 1.165) is 24.1 Å². The highest BCUT2D eigenvalue weighted by molar-refractivity contribution is 7.89. The molecule has 1 amide bonds. The Morgan fingerprint density at radius 1 is 1.10 bits per heavy atom. The quantitative estimate of drug-likeness (QED) is 0.728. The van der Waals surface area contributed by atoms with Crippen molar-refractivity contribution in [3.63, 3.8) is 0 Å². The van der Waals surface area contributed by atoms with E-state index < -0.39 is 10.0 Å². The smallest absolute Gasteiger partial charge is 0.243 e. The first-order valence-electron chi connectivity index (χ1n) is 10.4. The van der Waals surface area contributed by atoms with E-state index in [-0.39, 0.29) is 10.8 Å². The topological polar surface area (TPSA) is 69.7 Å². The Kier molecular flexibility index (Phi) is 7.15. The molecule has 30 heavy (non-hydrogen) atoms. The van der Waals surface area contributed by atoms with Crippen molar-refractivity contribution < 1.29 is 13.2 Å². The summed E-state index contributed by atoms with van der Waals surface area (Å²) in [4.78, 5) is 14.6. The molecule has 7 heteroatoms. The number of carbonyl (C=O) groups is 1. The first kappa shape index (κ1) is 22.3. The summed E-state index contributed by atoms with van der Waals surface area (Å²) in [6, 6.07) is 14.6. The maximum absolute atomic E-state index is 12.8. The molecule has 0 aromatic heterocycles. The van der Waals surface area contributed by atoms with Crippen molar-refractivity contribution in [2.75, 3.05) is 37.4 Å². The third kappa shape index (κ3) is 5.61. The Labute approximate surface area is 179 Å². The van der Waals surface area contributed by atoms with Crippen LogP contribution in [0.2, 0.25) is 0 Å². The van der Waals surface area contributed by atoms with E-state index >= 15 is 0 Å². The van der Waals surface area contributed by atoms with E-state index in [1.807, 2.05) is 43.3 Å². The van der Waals surface area contributed by atoms with Gasteiger partial charge >= 0.3 is 0 Å². The van der Waals surface area contributed by atoms with Crippen LogP contribution in [-0.2, 0) is 21.2 Å². The highest BCUT2D eigenvalue weighted by Gasteiger charge is 2.28. The molecule has 1 N–H and O–H groups in total. The Hall–Kier alpha value is -2.38. The molecule has 0 saturated carbocycles. The van der Waals surface area contributed by atoms with Gasteiger partial charge in [-0.2, -0.15) is 4.31 Å². The maximum atomic E-state index is 12.8. The Morgan fingerprint density at radius 3 is 2.37 bits per heavy atom. The number of aryl methyl sites for hydroxylation is 1. The highest BCUT2D eigenvalue weighted by atomic mass is 32.2. The van der Waals surface area contributed by atoms with Gasteiger partial charge in [0.1, 0.15) is 0 Å². The van der Waals surface area contributed by atoms with Gasteiger partial charge in [0.05, 0.1) is 4.90 Å². The molecule has 1 fully saturated rings. The van der Waals surface area contributed by atoms with E-state index in [0.29, 0.717) is 37.5 Å². The van der Waals surface area contributed by atoms with Crippen LogP contribution in [0, 0.1) is 5.92 Å². The molecule has 0 radical (unpaired) electrons. The minimum atomic E-state index is -3.48. The fourth-order valence-electron chi connectivity index (χ4n) is 3.67. The van der Waals surface area contributed by atoms with Gasteiger partial charge in [-0.3, -0.25) is 4.79 Å². The molecule has 2 aromatic carbocycles. The summed E-state index contributed by atoms with van der Waals surface area (Å²) in [5.41, 5.74) is 2.83. The molecule has 0 aliphatic carbocycles. The molecule has 1 unspecified atom stereocenters. The van der Waals surface area contributed by atoms with Crippen LogP contribution in [0.25, 0.3) is 0 Å². The van der Waals surface area contributed by atoms with Crippen molar-refractivity contribution in [3.8, 4) is 0 Å². The summed E-state index contributed by atoms with van der Waals surface area (Å²) < 4.78 is 27.2. The average molecular weight is 430 g/mol. The number of nitrogens with zero attached hydrogens (tertiary/aromatic N) is 2. The summed E-state index contributed by atoms with van der Waals surface area (Å²) in [5, 5.41) is 2.85. The van der Waals surface area contributed by atoms with Crippen LogP contribution >= 0.6 is 0 Å². The molecule has 1 heterocycles. The lowest BCUT2D eigenvalue weighted by Crippen LogP contribution is -2.39. The lowest BCUT2D eigenvalue weighted by atomic mass is 10.0. The molecule has 1 saturated heterocycles. The molecule has 162 valence electrons. The maximum Gasteiger partial charge on any atom is 0.243 e. The number of rotatable bonds is 7. The van der Waals surface area contributed by atoms with Crippen LogP contribution in [0.15, 0.2) is 53.4 Å². The van der Waals surface area contributed by atoms with Crippen molar-refractivity contribution in [2.45, 2.75) is 37.5 Å². The number of anilines is 2. The number of hydrogen-bond acceptors (Lipinski definition) is 4. The van der Waals surface area contributed by atoms with Gasteiger partial charge in [0.2, 0.25) is 15.9 Å². The van der Waals surface area contributed by atoms with Gasteiger partial charge in [0.15, 0.2) is 0 Å². The van der Waals surface area contributed by atoms with Crippen molar-refractivity contribution in [3.05, 3.63) is 54.1 Å². The lowest BCUT2D eigenvalue weighted by molar-refractivity contribution is -0.116. The van der Waals surface area contributed by atoms with Gasteiger partial charge in [0.25, 0.3) is 0 Å². The molecule has 1 aliphatic heterocycles. The van der Waals surface area contributed by atoms with Gasteiger partial charge in [0, 0.05) is 45.0 Å². The zero-order valence-corrected chi connectivity index (χ0v) is 18.8. The summed E-state index contributed by atoms with van der Waals surface area (Å²) >= 11 is 0. The number of piperidine rings is 1. The predicted octanol–water partition coefficient (Wildman–Crippen LogP) is 3.74. The van der Waals surface area contributed by atoms with Crippen LogP contribution in [0.3, 0.4) is 0 Å². The Balaban J connectivity index is 1.55. The molecular weight excluding hydrogens is 398 g/mol. The highest BCUT2D eigenvalue weighted by Crippen LogP contribution is 2.24. The van der Waals surface area contributed by atoms with Gasteiger partial charge < -0.3 is 10.2 Å². The molecule has 6 nitrogen and oxygen atoms in total. The number of nitrogens with one attached hydrogen (secondary N) is 1. The number of sulfonamides is 1. The molecular formula is C23H31N3O3S. The first-order valence-corrected chi connectivity index (χ1v) is 11.9. The van der Waals surface area contributed by atoms with Crippen LogP contribution in [0.4, 0.5) is 11.4 Å². The number of carbonyl (C=O) groups excluding carboxylic acids is 1. The third-order valence-electron chi connectivity index (χ3n) is 5.49. The van der Waals surface area contributed by atoms with E-state index in [9.17, 15) is 13.2 Å². The normalized spacial score (nSPS) is 17.5. The van der Waals surface area contributed by atoms with Crippen molar-refractivity contribution >= 4 is 27.3 Å². The van der Waals surface area contributed by atoms with Crippen LogP contribution in [0.5, 0.6) is 0 Å². The van der Waals surface area contributed by atoms with Gasteiger partial charge in [-0.15, -0.1) is 0 Å². The van der Waals surface area contributed by atoms with Gasteiger partial charge in [-0.05, 0) is 67.1 Å². The van der Waals surface area contributed by atoms with Crippen LogP contribution in [-0.4, -0.2) is 45.8 Å². The third-order valence-corrected chi connectivity index (χ3v) is 7.37. The van der Waals surface area contributed by atoms with Gasteiger partial charge in [-0.1, -0.05) is 19.1 Å². The fraction of sp³-hybridized carbons (Fsp3) is 0.435. The zero-order valence-electron chi connectivity index (χ0n) is 18.0. The Morgan fingerprint density at radius 2 is 1.77 bits per heavy atom. The molecule has 1 aliphatic rings. The molecule has 0 bridgehead atoms. The predicted molar refractivity (Wildman–Crippen MR) is 121 cm³/mol. The molecule has 1 atom stereocenters. The minimum Gasteiger partial charge on any atom is -0.378 e. The van der Waals surface area contributed by atoms with Gasteiger partial charge in [-0.25, -0.2) is 8.42 Å². The molecule has 2 aromatic rings. The average Bonchev–Trinajstić information content (AvgIpc) is 2.73. The van der Waals surface area contributed by atoms with Crippen molar-refractivity contribution in [1.29, 1.82) is 0 Å². The number of hydrogen-bond donors (Lipinski definition) is 1. The van der Waals surface area contributed by atoms with E-state index in [1.54, 1.807) is 28.6 Å². The second-order valence-electron chi connectivity index (χ2n) is 8.24. The van der Waals surface area contributed by atoms with Crippen LogP contribution in [0.1, 0.15) is 31.7 Å². The minimum absolute atomic E-state index is 0.0906. The van der Waals surface area contributed by atoms with Crippen molar-refractivity contribution in [2.24, 2.45) is 5.92 Å². The Bertz CT molecular complexity index is 954. The largest absolute Gasteiger partial charge is 0.378 e. The van der Waals surface area contributed by atoms with E-state index in [2.05, 4.69) is 12.2 Å². The van der Waals surface area contributed by atoms with Crippen LogP contribution < -0.4 is 10.2 Å². The zero-order chi connectivity index (χ0) is 21.7. The van der Waals surface area contributed by atoms with E-state index in [4.69, 9.17) is 0 Å². The number of benzene rings is 2. The summed E-state index contributed by atoms with van der Waals surface area (Å²) in [6.07, 6.45) is 2.98. The fourth-order valence-corrected chi connectivity index (χ4v) is 5.26. The summed E-state index contributed by atoms with van der Waals surface area (Å²) in [6.45, 7) is 3.22. The second kappa shape index (κ2) is 9.62. The SMILES string of the molecule is CC1CCCN(S(=O)(=O)c2ccc(NC(=O)CCc3ccc(N(C)C)cc3)cc2)C1.